The number of anilines is 2. The number of ether oxygens (including phenoxy) is 1. The molecule has 0 atom stereocenters. The van der Waals surface area contributed by atoms with Gasteiger partial charge in [0, 0.05) is 41.4 Å². The second kappa shape index (κ2) is 8.45. The van der Waals surface area contributed by atoms with E-state index in [1.165, 1.54) is 17.6 Å². The summed E-state index contributed by atoms with van der Waals surface area (Å²) in [7, 11) is 1.49. The van der Waals surface area contributed by atoms with Crippen LogP contribution in [0.4, 0.5) is 16.2 Å². The van der Waals surface area contributed by atoms with Crippen LogP contribution in [0.15, 0.2) is 53.9 Å². The Hall–Kier alpha value is -3.19. The van der Waals surface area contributed by atoms with Crippen molar-refractivity contribution in [2.75, 3.05) is 23.9 Å². The van der Waals surface area contributed by atoms with E-state index in [2.05, 4.69) is 27.0 Å². The number of methoxy groups -OCH3 is 1. The Bertz CT molecular complexity index is 1000. The predicted octanol–water partition coefficient (Wildman–Crippen LogP) is 4.35. The minimum absolute atomic E-state index is 0.0370. The standard InChI is InChI=1S/C22H23N3O3S/c1-28-19-4-2-3-15(21(19)26)13-23-22(27)24-17-5-7-18(8-6-17)25-11-9-20-16(14-25)10-12-29-20/h2-8,10,12,26H,9,11,13-14H2,1H3,(H2,23,24,27). The van der Waals surface area contributed by atoms with Crippen LogP contribution in [0.25, 0.3) is 0 Å². The van der Waals surface area contributed by atoms with Crippen LogP contribution in [0.5, 0.6) is 11.5 Å². The van der Waals surface area contributed by atoms with Crippen LogP contribution >= 0.6 is 11.3 Å². The molecule has 0 saturated carbocycles. The van der Waals surface area contributed by atoms with Gasteiger partial charge in [-0.3, -0.25) is 0 Å². The zero-order chi connectivity index (χ0) is 20.2. The number of thiophene rings is 1. The number of para-hydroxylation sites is 1. The van der Waals surface area contributed by atoms with E-state index >= 15 is 0 Å². The molecule has 6 nitrogen and oxygen atoms in total. The average Bonchev–Trinajstić information content (AvgIpc) is 3.21. The highest BCUT2D eigenvalue weighted by molar-refractivity contribution is 7.10. The maximum atomic E-state index is 12.2. The first-order chi connectivity index (χ1) is 14.1. The number of amides is 2. The zero-order valence-electron chi connectivity index (χ0n) is 16.1. The minimum Gasteiger partial charge on any atom is -0.504 e. The van der Waals surface area contributed by atoms with Gasteiger partial charge in [-0.25, -0.2) is 4.79 Å². The highest BCUT2D eigenvalue weighted by atomic mass is 32.1. The fourth-order valence-electron chi connectivity index (χ4n) is 3.45. The Kier molecular flexibility index (Phi) is 5.57. The highest BCUT2D eigenvalue weighted by Gasteiger charge is 2.17. The molecule has 150 valence electrons. The van der Waals surface area contributed by atoms with Crippen molar-refractivity contribution in [3.05, 3.63) is 69.9 Å². The third kappa shape index (κ3) is 4.30. The third-order valence-corrected chi connectivity index (χ3v) is 6.06. The number of carbonyl (C=O) groups is 1. The van der Waals surface area contributed by atoms with Gasteiger partial charge in [0.15, 0.2) is 11.5 Å². The van der Waals surface area contributed by atoms with E-state index in [1.807, 2.05) is 35.6 Å². The largest absolute Gasteiger partial charge is 0.504 e. The number of fused-ring (bicyclic) bond motifs is 1. The van der Waals surface area contributed by atoms with Crippen molar-refractivity contribution in [2.24, 2.45) is 0 Å². The van der Waals surface area contributed by atoms with Gasteiger partial charge in [0.05, 0.1) is 7.11 Å². The molecule has 0 radical (unpaired) electrons. The van der Waals surface area contributed by atoms with Crippen molar-refractivity contribution >= 4 is 28.7 Å². The highest BCUT2D eigenvalue weighted by Crippen LogP contribution is 2.30. The van der Waals surface area contributed by atoms with Crippen LogP contribution in [0.1, 0.15) is 16.0 Å². The van der Waals surface area contributed by atoms with Crippen molar-refractivity contribution in [3.8, 4) is 11.5 Å². The van der Waals surface area contributed by atoms with Gasteiger partial charge in [-0.05, 0) is 53.8 Å². The number of phenolic OH excluding ortho intramolecular Hbond substituents is 1. The average molecular weight is 410 g/mol. The van der Waals surface area contributed by atoms with Crippen molar-refractivity contribution in [2.45, 2.75) is 19.5 Å². The molecule has 3 aromatic rings. The van der Waals surface area contributed by atoms with Gasteiger partial charge >= 0.3 is 6.03 Å². The number of urea groups is 1. The molecule has 7 heteroatoms. The second-order valence-electron chi connectivity index (χ2n) is 6.86. The fourth-order valence-corrected chi connectivity index (χ4v) is 4.34. The number of nitrogens with zero attached hydrogens (tertiary/aromatic N) is 1. The Morgan fingerprint density at radius 1 is 1.21 bits per heavy atom. The Labute approximate surface area is 173 Å². The maximum Gasteiger partial charge on any atom is 0.319 e. The first-order valence-corrected chi connectivity index (χ1v) is 10.3. The monoisotopic (exact) mass is 409 g/mol. The van der Waals surface area contributed by atoms with Gasteiger partial charge in [-0.1, -0.05) is 12.1 Å². The summed E-state index contributed by atoms with van der Waals surface area (Å²) in [4.78, 5) is 16.0. The number of hydrogen-bond acceptors (Lipinski definition) is 5. The molecular weight excluding hydrogens is 386 g/mol. The molecule has 2 aromatic carbocycles. The van der Waals surface area contributed by atoms with E-state index in [9.17, 15) is 9.90 Å². The molecule has 1 aliphatic rings. The normalized spacial score (nSPS) is 12.9. The summed E-state index contributed by atoms with van der Waals surface area (Å²) in [6, 6.07) is 14.9. The molecule has 0 aliphatic carbocycles. The van der Waals surface area contributed by atoms with Crippen LogP contribution < -0.4 is 20.3 Å². The number of hydrogen-bond donors (Lipinski definition) is 3. The number of rotatable bonds is 5. The topological polar surface area (TPSA) is 73.8 Å². The molecule has 4 rings (SSSR count). The molecule has 0 bridgehead atoms. The van der Waals surface area contributed by atoms with Crippen LogP contribution in [-0.4, -0.2) is 24.8 Å². The Balaban J connectivity index is 1.32. The molecule has 2 heterocycles. The van der Waals surface area contributed by atoms with Gasteiger partial charge in [0.25, 0.3) is 0 Å². The van der Waals surface area contributed by atoms with Gasteiger partial charge < -0.3 is 25.4 Å². The smallest absolute Gasteiger partial charge is 0.319 e. The summed E-state index contributed by atoms with van der Waals surface area (Å²) in [5.74, 6) is 0.419. The first kappa shape index (κ1) is 19.1. The molecule has 29 heavy (non-hydrogen) atoms. The van der Waals surface area contributed by atoms with Gasteiger partial charge in [0.1, 0.15) is 0 Å². The van der Waals surface area contributed by atoms with Crippen molar-refractivity contribution in [1.29, 1.82) is 0 Å². The lowest BCUT2D eigenvalue weighted by Crippen LogP contribution is -2.29. The maximum absolute atomic E-state index is 12.2. The van der Waals surface area contributed by atoms with E-state index in [0.29, 0.717) is 17.0 Å². The number of nitrogens with one attached hydrogen (secondary N) is 2. The molecule has 1 aromatic heterocycles. The van der Waals surface area contributed by atoms with Crippen LogP contribution in [0.2, 0.25) is 0 Å². The van der Waals surface area contributed by atoms with Crippen LogP contribution in [0, 0.1) is 0 Å². The molecule has 0 spiro atoms. The molecule has 2 amide bonds. The van der Waals surface area contributed by atoms with E-state index in [1.54, 1.807) is 18.2 Å². The van der Waals surface area contributed by atoms with Crippen LogP contribution in [-0.2, 0) is 19.5 Å². The summed E-state index contributed by atoms with van der Waals surface area (Å²) >= 11 is 1.83. The first-order valence-electron chi connectivity index (χ1n) is 9.44. The summed E-state index contributed by atoms with van der Waals surface area (Å²) < 4.78 is 5.08. The van der Waals surface area contributed by atoms with E-state index < -0.39 is 0 Å². The molecule has 3 N–H and O–H groups in total. The van der Waals surface area contributed by atoms with Crippen molar-refractivity contribution in [1.82, 2.24) is 5.32 Å². The second-order valence-corrected chi connectivity index (χ2v) is 7.86. The zero-order valence-corrected chi connectivity index (χ0v) is 17.0. The van der Waals surface area contributed by atoms with Gasteiger partial charge in [-0.15, -0.1) is 11.3 Å². The van der Waals surface area contributed by atoms with Crippen molar-refractivity contribution < 1.29 is 14.6 Å². The van der Waals surface area contributed by atoms with Gasteiger partial charge in [0.2, 0.25) is 0 Å². The Morgan fingerprint density at radius 3 is 2.83 bits per heavy atom. The SMILES string of the molecule is COc1cccc(CNC(=O)Nc2ccc(N3CCc4sccc4C3)cc2)c1O. The lowest BCUT2D eigenvalue weighted by molar-refractivity contribution is 0.251. The Morgan fingerprint density at radius 2 is 2.03 bits per heavy atom. The molecule has 0 saturated heterocycles. The number of phenols is 1. The lowest BCUT2D eigenvalue weighted by atomic mass is 10.1. The summed E-state index contributed by atoms with van der Waals surface area (Å²) in [6.45, 7) is 2.13. The van der Waals surface area contributed by atoms with Gasteiger partial charge in [-0.2, -0.15) is 0 Å². The third-order valence-electron chi connectivity index (χ3n) is 5.04. The summed E-state index contributed by atoms with van der Waals surface area (Å²) in [5, 5.41) is 17.8. The molecule has 1 aliphatic heterocycles. The van der Waals surface area contributed by atoms with Crippen molar-refractivity contribution in [3.63, 3.8) is 0 Å². The fraction of sp³-hybridized carbons (Fsp3) is 0.227. The molecule has 0 unspecified atom stereocenters. The minimum atomic E-state index is -0.333. The predicted molar refractivity (Wildman–Crippen MR) is 116 cm³/mol. The number of aromatic hydroxyl groups is 1. The molecular formula is C22H23N3O3S. The van der Waals surface area contributed by atoms with E-state index in [0.717, 1.165) is 25.2 Å². The van der Waals surface area contributed by atoms with E-state index in [-0.39, 0.29) is 18.3 Å². The lowest BCUT2D eigenvalue weighted by Gasteiger charge is -2.29. The summed E-state index contributed by atoms with van der Waals surface area (Å²) in [6.07, 6.45) is 1.08. The van der Waals surface area contributed by atoms with Crippen LogP contribution in [0.3, 0.4) is 0 Å². The number of benzene rings is 2. The molecule has 0 fully saturated rings. The quantitative estimate of drug-likeness (QED) is 0.586. The number of carbonyl (C=O) groups excluding carboxylic acids is 1. The summed E-state index contributed by atoms with van der Waals surface area (Å²) in [5.41, 5.74) is 3.86. The van der Waals surface area contributed by atoms with E-state index in [4.69, 9.17) is 4.74 Å².